The molecular formula is C19H28IN5. The molecule has 1 N–H and O–H groups in total. The monoisotopic (exact) mass is 453 g/mol. The van der Waals surface area contributed by atoms with Crippen LogP contribution >= 0.6 is 24.0 Å². The fourth-order valence-electron chi connectivity index (χ4n) is 3.30. The van der Waals surface area contributed by atoms with Crippen LogP contribution in [0.1, 0.15) is 35.0 Å². The van der Waals surface area contributed by atoms with E-state index in [4.69, 9.17) is 4.99 Å². The van der Waals surface area contributed by atoms with Gasteiger partial charge in [0.2, 0.25) is 0 Å². The normalized spacial score (nSPS) is 14.1. The highest BCUT2D eigenvalue weighted by Gasteiger charge is 2.19. The lowest BCUT2D eigenvalue weighted by molar-refractivity contribution is 0.378. The van der Waals surface area contributed by atoms with E-state index in [0.717, 1.165) is 37.7 Å². The van der Waals surface area contributed by atoms with Gasteiger partial charge in [-0.05, 0) is 38.3 Å². The van der Waals surface area contributed by atoms with Crippen LogP contribution in [-0.4, -0.2) is 33.7 Å². The Hall–Kier alpha value is -1.57. The maximum absolute atomic E-state index is 4.89. The maximum atomic E-state index is 4.89. The van der Waals surface area contributed by atoms with Gasteiger partial charge in [-0.2, -0.15) is 5.10 Å². The number of aromatic nitrogens is 2. The van der Waals surface area contributed by atoms with Crippen molar-refractivity contribution in [1.82, 2.24) is 20.0 Å². The molecule has 0 fully saturated rings. The summed E-state index contributed by atoms with van der Waals surface area (Å²) in [6.45, 7) is 9.76. The second-order valence-electron chi connectivity index (χ2n) is 6.38. The molecule has 3 rings (SSSR count). The quantitative estimate of drug-likeness (QED) is 0.441. The van der Waals surface area contributed by atoms with E-state index < -0.39 is 0 Å². The van der Waals surface area contributed by atoms with Gasteiger partial charge in [0.1, 0.15) is 0 Å². The molecule has 1 aliphatic heterocycles. The third kappa shape index (κ3) is 4.34. The largest absolute Gasteiger partial charge is 0.356 e. The van der Waals surface area contributed by atoms with Crippen molar-refractivity contribution in [3.8, 4) is 0 Å². The molecule has 0 saturated carbocycles. The van der Waals surface area contributed by atoms with Crippen LogP contribution in [-0.2, 0) is 26.6 Å². The number of halogens is 1. The van der Waals surface area contributed by atoms with Gasteiger partial charge in [0.05, 0.1) is 12.2 Å². The summed E-state index contributed by atoms with van der Waals surface area (Å²) in [6.07, 6.45) is 1.07. The zero-order valence-corrected chi connectivity index (χ0v) is 17.9. The molecular weight excluding hydrogens is 425 g/mol. The Morgan fingerprint density at radius 2 is 1.96 bits per heavy atom. The molecule has 6 heteroatoms. The highest BCUT2D eigenvalue weighted by atomic mass is 127. The fourth-order valence-corrected chi connectivity index (χ4v) is 3.30. The van der Waals surface area contributed by atoms with Crippen LogP contribution in [0.2, 0.25) is 0 Å². The van der Waals surface area contributed by atoms with Gasteiger partial charge in [0.15, 0.2) is 5.96 Å². The number of nitrogens with zero attached hydrogens (tertiary/aromatic N) is 4. The lowest BCUT2D eigenvalue weighted by Gasteiger charge is -2.31. The molecule has 0 unspecified atom stereocenters. The van der Waals surface area contributed by atoms with Crippen LogP contribution in [0.15, 0.2) is 29.3 Å². The number of benzene rings is 1. The predicted molar refractivity (Wildman–Crippen MR) is 113 cm³/mol. The smallest absolute Gasteiger partial charge is 0.194 e. The van der Waals surface area contributed by atoms with E-state index >= 15 is 0 Å². The van der Waals surface area contributed by atoms with Gasteiger partial charge in [-0.15, -0.1) is 24.0 Å². The minimum atomic E-state index is 0. The molecule has 1 aromatic heterocycles. The van der Waals surface area contributed by atoms with Crippen molar-refractivity contribution in [3.63, 3.8) is 0 Å². The highest BCUT2D eigenvalue weighted by molar-refractivity contribution is 14.0. The first kappa shape index (κ1) is 19.8. The molecule has 1 aromatic carbocycles. The van der Waals surface area contributed by atoms with Crippen LogP contribution in [0.3, 0.4) is 0 Å². The Morgan fingerprint density at radius 1 is 1.24 bits per heavy atom. The summed E-state index contributed by atoms with van der Waals surface area (Å²) in [7, 11) is 1.99. The summed E-state index contributed by atoms with van der Waals surface area (Å²) in [5.74, 6) is 0.995. The van der Waals surface area contributed by atoms with E-state index in [9.17, 15) is 0 Å². The predicted octanol–water partition coefficient (Wildman–Crippen LogP) is 3.18. The van der Waals surface area contributed by atoms with Gasteiger partial charge >= 0.3 is 0 Å². The Morgan fingerprint density at radius 3 is 2.60 bits per heavy atom. The van der Waals surface area contributed by atoms with Gasteiger partial charge < -0.3 is 10.2 Å². The Bertz CT molecular complexity index is 750. The van der Waals surface area contributed by atoms with Crippen molar-refractivity contribution < 1.29 is 0 Å². The van der Waals surface area contributed by atoms with Crippen molar-refractivity contribution in [2.75, 3.05) is 13.1 Å². The van der Waals surface area contributed by atoms with E-state index in [1.807, 2.05) is 11.7 Å². The standard InChI is InChI=1S/C19H27N5.HI/c1-5-20-19(21-12-18-14(2)22-23(4)15(18)3)24-11-10-16-8-6-7-9-17(16)13-24;/h6-9H,5,10-13H2,1-4H3,(H,20,21);1H. The summed E-state index contributed by atoms with van der Waals surface area (Å²) < 4.78 is 1.93. The molecule has 0 bridgehead atoms. The van der Waals surface area contributed by atoms with Crippen molar-refractivity contribution in [3.05, 3.63) is 52.3 Å². The number of fused-ring (bicyclic) bond motifs is 1. The van der Waals surface area contributed by atoms with Gasteiger partial charge in [0, 0.05) is 37.9 Å². The first-order chi connectivity index (χ1) is 11.6. The average Bonchev–Trinajstić information content (AvgIpc) is 2.83. The number of aryl methyl sites for hydroxylation is 2. The molecule has 2 aromatic rings. The number of aliphatic imine (C=N–C) groups is 1. The van der Waals surface area contributed by atoms with Gasteiger partial charge in [0.25, 0.3) is 0 Å². The molecule has 0 radical (unpaired) electrons. The second kappa shape index (κ2) is 8.69. The van der Waals surface area contributed by atoms with Crippen molar-refractivity contribution in [2.45, 2.75) is 40.3 Å². The maximum Gasteiger partial charge on any atom is 0.194 e. The molecule has 0 saturated heterocycles. The summed E-state index contributed by atoms with van der Waals surface area (Å²) in [6, 6.07) is 8.70. The highest BCUT2D eigenvalue weighted by Crippen LogP contribution is 2.19. The third-order valence-corrected chi connectivity index (χ3v) is 4.81. The van der Waals surface area contributed by atoms with Gasteiger partial charge in [-0.3, -0.25) is 4.68 Å². The van der Waals surface area contributed by atoms with Crippen molar-refractivity contribution >= 4 is 29.9 Å². The molecule has 0 amide bonds. The van der Waals surface area contributed by atoms with E-state index in [2.05, 4.69) is 60.4 Å². The molecule has 1 aliphatic rings. The SMILES string of the molecule is CCNC(=NCc1c(C)nn(C)c1C)N1CCc2ccccc2C1.I. The minimum Gasteiger partial charge on any atom is -0.356 e. The third-order valence-electron chi connectivity index (χ3n) is 4.81. The Labute approximate surface area is 167 Å². The molecule has 136 valence electrons. The Balaban J connectivity index is 0.00000225. The number of nitrogens with one attached hydrogen (secondary N) is 1. The Kier molecular flexibility index (Phi) is 6.87. The lowest BCUT2D eigenvalue weighted by Crippen LogP contribution is -2.44. The van der Waals surface area contributed by atoms with Gasteiger partial charge in [-0.1, -0.05) is 24.3 Å². The van der Waals surface area contributed by atoms with Crippen LogP contribution in [0, 0.1) is 13.8 Å². The summed E-state index contributed by atoms with van der Waals surface area (Å²) in [5, 5.41) is 7.94. The van der Waals surface area contributed by atoms with Crippen LogP contribution < -0.4 is 5.32 Å². The van der Waals surface area contributed by atoms with E-state index in [1.165, 1.54) is 22.4 Å². The van der Waals surface area contributed by atoms with Crippen LogP contribution in [0.25, 0.3) is 0 Å². The van der Waals surface area contributed by atoms with Crippen molar-refractivity contribution in [1.29, 1.82) is 0 Å². The number of hydrogen-bond donors (Lipinski definition) is 1. The zero-order chi connectivity index (χ0) is 17.1. The van der Waals surface area contributed by atoms with E-state index in [0.29, 0.717) is 6.54 Å². The van der Waals surface area contributed by atoms with Gasteiger partial charge in [-0.25, -0.2) is 4.99 Å². The van der Waals surface area contributed by atoms with E-state index in [1.54, 1.807) is 0 Å². The van der Waals surface area contributed by atoms with Crippen LogP contribution in [0.5, 0.6) is 0 Å². The molecule has 0 aliphatic carbocycles. The number of guanidine groups is 1. The molecule has 2 heterocycles. The topological polar surface area (TPSA) is 45.5 Å². The number of hydrogen-bond acceptors (Lipinski definition) is 2. The number of rotatable bonds is 3. The second-order valence-corrected chi connectivity index (χ2v) is 6.38. The molecule has 0 atom stereocenters. The van der Waals surface area contributed by atoms with Crippen molar-refractivity contribution in [2.24, 2.45) is 12.0 Å². The van der Waals surface area contributed by atoms with E-state index in [-0.39, 0.29) is 24.0 Å². The zero-order valence-electron chi connectivity index (χ0n) is 15.5. The average molecular weight is 453 g/mol. The summed E-state index contributed by atoms with van der Waals surface area (Å²) in [5.41, 5.74) is 6.35. The summed E-state index contributed by atoms with van der Waals surface area (Å²) in [4.78, 5) is 7.25. The first-order valence-corrected chi connectivity index (χ1v) is 8.69. The first-order valence-electron chi connectivity index (χ1n) is 8.69. The summed E-state index contributed by atoms with van der Waals surface area (Å²) >= 11 is 0. The molecule has 0 spiro atoms. The fraction of sp³-hybridized carbons (Fsp3) is 0.474. The molecule has 5 nitrogen and oxygen atoms in total. The van der Waals surface area contributed by atoms with Crippen LogP contribution in [0.4, 0.5) is 0 Å². The minimum absolute atomic E-state index is 0. The lowest BCUT2D eigenvalue weighted by atomic mass is 10.0. The molecule has 25 heavy (non-hydrogen) atoms.